The molecule has 0 aromatic carbocycles. The molecule has 0 aliphatic heterocycles. The molecular weight excluding hydrogens is 140 g/mol. The summed E-state index contributed by atoms with van der Waals surface area (Å²) in [6.07, 6.45) is 0.857. The highest BCUT2D eigenvalue weighted by molar-refractivity contribution is 5.92. The van der Waals surface area contributed by atoms with Gasteiger partial charge in [0.15, 0.2) is 0 Å². The molecule has 1 unspecified atom stereocenters. The van der Waals surface area contributed by atoms with E-state index < -0.39 is 0 Å². The van der Waals surface area contributed by atoms with Gasteiger partial charge in [-0.1, -0.05) is 13.5 Å². The molecule has 0 rings (SSSR count). The van der Waals surface area contributed by atoms with Crippen LogP contribution in [0.3, 0.4) is 0 Å². The van der Waals surface area contributed by atoms with Crippen LogP contribution in [-0.4, -0.2) is 18.5 Å². The highest BCUT2D eigenvalue weighted by Gasteiger charge is 2.07. The average Bonchev–Trinajstić information content (AvgIpc) is 1.99. The van der Waals surface area contributed by atoms with E-state index in [4.69, 9.17) is 5.73 Å². The lowest BCUT2D eigenvalue weighted by Crippen LogP contribution is -2.39. The van der Waals surface area contributed by atoms with Crippen LogP contribution in [0, 0.1) is 0 Å². The van der Waals surface area contributed by atoms with Gasteiger partial charge in [0.05, 0.1) is 0 Å². The van der Waals surface area contributed by atoms with Gasteiger partial charge in [-0.2, -0.15) is 0 Å². The minimum absolute atomic E-state index is 0.0826. The Kier molecular flexibility index (Phi) is 4.54. The van der Waals surface area contributed by atoms with Gasteiger partial charge in [-0.15, -0.1) is 0 Å². The third-order valence-corrected chi connectivity index (χ3v) is 1.50. The standard InChI is InChI=1S/C8H16N2O/c1-4-7(5-9)10-8(11)6(2)3/h7H,2,4-5,9H2,1,3H3,(H,10,11). The van der Waals surface area contributed by atoms with E-state index in [1.54, 1.807) is 6.92 Å². The van der Waals surface area contributed by atoms with Crippen molar-refractivity contribution >= 4 is 5.91 Å². The number of nitrogens with one attached hydrogen (secondary N) is 1. The van der Waals surface area contributed by atoms with Gasteiger partial charge in [0, 0.05) is 18.2 Å². The highest BCUT2D eigenvalue weighted by Crippen LogP contribution is 1.91. The van der Waals surface area contributed by atoms with E-state index in [0.717, 1.165) is 6.42 Å². The number of nitrogens with two attached hydrogens (primary N) is 1. The van der Waals surface area contributed by atoms with Crippen LogP contribution in [-0.2, 0) is 4.79 Å². The molecule has 0 heterocycles. The molecule has 0 aromatic heterocycles. The van der Waals surface area contributed by atoms with Crippen molar-refractivity contribution in [2.24, 2.45) is 5.73 Å². The van der Waals surface area contributed by atoms with Crippen molar-refractivity contribution in [2.45, 2.75) is 26.3 Å². The van der Waals surface area contributed by atoms with Crippen LogP contribution < -0.4 is 11.1 Å². The average molecular weight is 156 g/mol. The molecule has 3 nitrogen and oxygen atoms in total. The lowest BCUT2D eigenvalue weighted by molar-refractivity contribution is -0.118. The van der Waals surface area contributed by atoms with Crippen molar-refractivity contribution in [3.63, 3.8) is 0 Å². The SMILES string of the molecule is C=C(C)C(=O)NC(CC)CN. The van der Waals surface area contributed by atoms with Crippen LogP contribution in [0.1, 0.15) is 20.3 Å². The largest absolute Gasteiger partial charge is 0.348 e. The topological polar surface area (TPSA) is 55.1 Å². The summed E-state index contributed by atoms with van der Waals surface area (Å²) in [6, 6.07) is 0.0826. The summed E-state index contributed by atoms with van der Waals surface area (Å²) < 4.78 is 0. The maximum atomic E-state index is 11.0. The summed E-state index contributed by atoms with van der Waals surface area (Å²) in [6.45, 7) is 7.67. The molecule has 64 valence electrons. The minimum atomic E-state index is -0.109. The molecule has 0 bridgehead atoms. The fourth-order valence-electron chi connectivity index (χ4n) is 0.636. The zero-order valence-corrected chi connectivity index (χ0v) is 7.18. The van der Waals surface area contributed by atoms with Crippen LogP contribution in [0.2, 0.25) is 0 Å². The summed E-state index contributed by atoms with van der Waals surface area (Å²) in [4.78, 5) is 11.0. The molecule has 0 aliphatic rings. The van der Waals surface area contributed by atoms with Gasteiger partial charge in [-0.25, -0.2) is 0 Å². The van der Waals surface area contributed by atoms with Gasteiger partial charge in [0.2, 0.25) is 5.91 Å². The monoisotopic (exact) mass is 156 g/mol. The van der Waals surface area contributed by atoms with Gasteiger partial charge in [0.25, 0.3) is 0 Å². The van der Waals surface area contributed by atoms with E-state index in [0.29, 0.717) is 12.1 Å². The van der Waals surface area contributed by atoms with Crippen LogP contribution in [0.15, 0.2) is 12.2 Å². The molecule has 0 radical (unpaired) electrons. The molecule has 0 fully saturated rings. The Morgan fingerprint density at radius 2 is 2.27 bits per heavy atom. The lowest BCUT2D eigenvalue weighted by Gasteiger charge is -2.13. The molecule has 0 spiro atoms. The van der Waals surface area contributed by atoms with Crippen molar-refractivity contribution in [1.82, 2.24) is 5.32 Å². The Labute approximate surface area is 67.7 Å². The third kappa shape index (κ3) is 3.78. The van der Waals surface area contributed by atoms with E-state index in [9.17, 15) is 4.79 Å². The number of carbonyl (C=O) groups is 1. The van der Waals surface area contributed by atoms with Gasteiger partial charge < -0.3 is 11.1 Å². The minimum Gasteiger partial charge on any atom is -0.348 e. The number of amides is 1. The van der Waals surface area contributed by atoms with Crippen molar-refractivity contribution in [3.05, 3.63) is 12.2 Å². The van der Waals surface area contributed by atoms with E-state index in [2.05, 4.69) is 11.9 Å². The Morgan fingerprint density at radius 1 is 1.73 bits per heavy atom. The van der Waals surface area contributed by atoms with Crippen LogP contribution in [0.4, 0.5) is 0 Å². The first-order valence-corrected chi connectivity index (χ1v) is 3.78. The molecular formula is C8H16N2O. The normalized spacial score (nSPS) is 12.3. The first-order valence-electron chi connectivity index (χ1n) is 3.78. The number of hydrogen-bond donors (Lipinski definition) is 2. The molecule has 0 aliphatic carbocycles. The fourth-order valence-corrected chi connectivity index (χ4v) is 0.636. The smallest absolute Gasteiger partial charge is 0.246 e. The molecule has 0 aromatic rings. The molecule has 0 saturated carbocycles. The van der Waals surface area contributed by atoms with E-state index >= 15 is 0 Å². The summed E-state index contributed by atoms with van der Waals surface area (Å²) in [5, 5.41) is 2.75. The zero-order valence-electron chi connectivity index (χ0n) is 7.18. The number of rotatable bonds is 4. The van der Waals surface area contributed by atoms with Gasteiger partial charge in [-0.3, -0.25) is 4.79 Å². The van der Waals surface area contributed by atoms with Crippen molar-refractivity contribution < 1.29 is 4.79 Å². The zero-order chi connectivity index (χ0) is 8.85. The van der Waals surface area contributed by atoms with E-state index in [1.807, 2.05) is 6.92 Å². The first kappa shape index (κ1) is 10.2. The van der Waals surface area contributed by atoms with Crippen LogP contribution >= 0.6 is 0 Å². The second-order valence-electron chi connectivity index (χ2n) is 2.59. The first-order chi connectivity index (χ1) is 5.11. The Morgan fingerprint density at radius 3 is 2.55 bits per heavy atom. The molecule has 1 amide bonds. The van der Waals surface area contributed by atoms with Gasteiger partial charge in [-0.05, 0) is 13.3 Å². The van der Waals surface area contributed by atoms with Crippen molar-refractivity contribution in [3.8, 4) is 0 Å². The van der Waals surface area contributed by atoms with Gasteiger partial charge in [0.1, 0.15) is 0 Å². The molecule has 3 N–H and O–H groups in total. The van der Waals surface area contributed by atoms with E-state index in [-0.39, 0.29) is 11.9 Å². The molecule has 3 heteroatoms. The summed E-state index contributed by atoms with van der Waals surface area (Å²) >= 11 is 0. The number of carbonyl (C=O) groups excluding carboxylic acids is 1. The summed E-state index contributed by atoms with van der Waals surface area (Å²) in [7, 11) is 0. The highest BCUT2D eigenvalue weighted by atomic mass is 16.1. The van der Waals surface area contributed by atoms with Gasteiger partial charge >= 0.3 is 0 Å². The fraction of sp³-hybridized carbons (Fsp3) is 0.625. The third-order valence-electron chi connectivity index (χ3n) is 1.50. The quantitative estimate of drug-likeness (QED) is 0.579. The van der Waals surface area contributed by atoms with E-state index in [1.165, 1.54) is 0 Å². The second-order valence-corrected chi connectivity index (χ2v) is 2.59. The Balaban J connectivity index is 3.81. The van der Waals surface area contributed by atoms with Crippen molar-refractivity contribution in [2.75, 3.05) is 6.54 Å². The van der Waals surface area contributed by atoms with Crippen LogP contribution in [0.5, 0.6) is 0 Å². The Bertz CT molecular complexity index is 150. The predicted molar refractivity (Wildman–Crippen MR) is 46.1 cm³/mol. The lowest BCUT2D eigenvalue weighted by atomic mass is 10.2. The second kappa shape index (κ2) is 4.91. The van der Waals surface area contributed by atoms with Crippen LogP contribution in [0.25, 0.3) is 0 Å². The number of hydrogen-bond acceptors (Lipinski definition) is 2. The summed E-state index contributed by atoms with van der Waals surface area (Å²) in [5.74, 6) is -0.109. The molecule has 11 heavy (non-hydrogen) atoms. The predicted octanol–water partition coefficient (Wildman–Crippen LogP) is 0.416. The summed E-state index contributed by atoms with van der Waals surface area (Å²) in [5.41, 5.74) is 5.91. The van der Waals surface area contributed by atoms with Crippen molar-refractivity contribution in [1.29, 1.82) is 0 Å². The molecule has 1 atom stereocenters. The Hall–Kier alpha value is -0.830. The maximum Gasteiger partial charge on any atom is 0.246 e. The molecule has 0 saturated heterocycles. The maximum absolute atomic E-state index is 11.0.